The fourth-order valence-corrected chi connectivity index (χ4v) is 4.94. The monoisotopic (exact) mass is 410 g/mol. The van der Waals surface area contributed by atoms with E-state index in [2.05, 4.69) is 0 Å². The van der Waals surface area contributed by atoms with Gasteiger partial charge in [0, 0.05) is 25.7 Å². The molecule has 0 radical (unpaired) electrons. The van der Waals surface area contributed by atoms with Crippen LogP contribution in [0.5, 0.6) is 0 Å². The van der Waals surface area contributed by atoms with Crippen molar-refractivity contribution >= 4 is 21.9 Å². The average Bonchev–Trinajstić information content (AvgIpc) is 2.67. The fourth-order valence-electron chi connectivity index (χ4n) is 3.45. The second-order valence-electron chi connectivity index (χ2n) is 7.07. The number of benzene rings is 1. The molecule has 1 aromatic carbocycles. The number of sulfonamides is 1. The number of esters is 1. The normalized spacial score (nSPS) is 17.6. The van der Waals surface area contributed by atoms with Gasteiger partial charge in [0.1, 0.15) is 0 Å². The van der Waals surface area contributed by atoms with Gasteiger partial charge in [-0.05, 0) is 50.8 Å². The number of aryl methyl sites for hydroxylation is 1. The van der Waals surface area contributed by atoms with Crippen molar-refractivity contribution in [3.05, 3.63) is 29.3 Å². The highest BCUT2D eigenvalue weighted by Gasteiger charge is 2.26. The van der Waals surface area contributed by atoms with Crippen molar-refractivity contribution in [3.63, 3.8) is 0 Å². The van der Waals surface area contributed by atoms with Gasteiger partial charge in [-0.1, -0.05) is 19.9 Å². The van der Waals surface area contributed by atoms with E-state index < -0.39 is 16.0 Å². The molecule has 1 aliphatic rings. The lowest BCUT2D eigenvalue weighted by Gasteiger charge is -2.33. The molecule has 156 valence electrons. The molecule has 0 unspecified atom stereocenters. The number of nitrogens with zero attached hydrogens (tertiary/aromatic N) is 2. The molecule has 0 aliphatic carbocycles. The minimum Gasteiger partial charge on any atom is -0.452 e. The predicted molar refractivity (Wildman–Crippen MR) is 107 cm³/mol. The Morgan fingerprint density at radius 1 is 1.21 bits per heavy atom. The van der Waals surface area contributed by atoms with E-state index in [9.17, 15) is 18.0 Å². The summed E-state index contributed by atoms with van der Waals surface area (Å²) in [5, 5.41) is 0. The van der Waals surface area contributed by atoms with E-state index in [0.29, 0.717) is 25.2 Å². The Morgan fingerprint density at radius 3 is 2.50 bits per heavy atom. The summed E-state index contributed by atoms with van der Waals surface area (Å²) in [5.74, 6) is -0.905. The Kier molecular flexibility index (Phi) is 7.60. The van der Waals surface area contributed by atoms with Crippen LogP contribution in [-0.4, -0.2) is 61.8 Å². The predicted octanol–water partition coefficient (Wildman–Crippen LogP) is 2.58. The number of carbonyl (C=O) groups excluding carboxylic acids is 2. The maximum atomic E-state index is 12.7. The van der Waals surface area contributed by atoms with Gasteiger partial charge < -0.3 is 9.64 Å². The number of rotatable bonds is 7. The highest BCUT2D eigenvalue weighted by atomic mass is 32.2. The highest BCUT2D eigenvalue weighted by molar-refractivity contribution is 7.89. The van der Waals surface area contributed by atoms with E-state index in [1.807, 2.05) is 6.92 Å². The molecule has 7 nitrogen and oxygen atoms in total. The van der Waals surface area contributed by atoms with Crippen molar-refractivity contribution in [1.82, 2.24) is 9.21 Å². The molecule has 1 aliphatic heterocycles. The molecule has 1 amide bonds. The first-order valence-corrected chi connectivity index (χ1v) is 11.2. The molecule has 1 fully saturated rings. The first-order valence-electron chi connectivity index (χ1n) is 9.79. The van der Waals surface area contributed by atoms with Crippen LogP contribution in [0.1, 0.15) is 56.0 Å². The molecule has 0 bridgehead atoms. The van der Waals surface area contributed by atoms with Crippen LogP contribution < -0.4 is 0 Å². The molecule has 1 atom stereocenters. The quantitative estimate of drug-likeness (QED) is 0.645. The van der Waals surface area contributed by atoms with Crippen LogP contribution in [-0.2, 0) is 19.6 Å². The van der Waals surface area contributed by atoms with Gasteiger partial charge in [-0.3, -0.25) is 4.79 Å². The number of piperidine rings is 1. The van der Waals surface area contributed by atoms with E-state index >= 15 is 0 Å². The Bertz CT molecular complexity index is 818. The van der Waals surface area contributed by atoms with Crippen LogP contribution >= 0.6 is 0 Å². The third-order valence-corrected chi connectivity index (χ3v) is 7.27. The second kappa shape index (κ2) is 9.52. The number of carbonyl (C=O) groups is 2. The average molecular weight is 411 g/mol. The zero-order valence-corrected chi connectivity index (χ0v) is 17.9. The summed E-state index contributed by atoms with van der Waals surface area (Å²) >= 11 is 0. The molecule has 0 spiro atoms. The fraction of sp³-hybridized carbons (Fsp3) is 0.600. The minimum absolute atomic E-state index is 0.0460. The van der Waals surface area contributed by atoms with Crippen LogP contribution in [0.25, 0.3) is 0 Å². The van der Waals surface area contributed by atoms with Crippen LogP contribution in [0.3, 0.4) is 0 Å². The summed E-state index contributed by atoms with van der Waals surface area (Å²) in [6.45, 7) is 8.24. The summed E-state index contributed by atoms with van der Waals surface area (Å²) in [6, 6.07) is 4.55. The molecule has 0 N–H and O–H groups in total. The van der Waals surface area contributed by atoms with Crippen LogP contribution in [0.2, 0.25) is 0 Å². The van der Waals surface area contributed by atoms with Crippen LogP contribution in [0, 0.1) is 6.92 Å². The molecule has 2 rings (SSSR count). The summed E-state index contributed by atoms with van der Waals surface area (Å²) < 4.78 is 31.9. The van der Waals surface area contributed by atoms with Crippen LogP contribution in [0.15, 0.2) is 23.1 Å². The van der Waals surface area contributed by atoms with Gasteiger partial charge >= 0.3 is 5.97 Å². The maximum absolute atomic E-state index is 12.7. The standard InChI is InChI=1S/C20H30N2O5S/c1-5-21(6-2)28(25,26)17-11-10-15(3)18(13-17)20(24)27-14-19(23)22-12-8-7-9-16(22)4/h10-11,13,16H,5-9,12,14H2,1-4H3/t16-/m1/s1. The van der Waals surface area contributed by atoms with Crippen molar-refractivity contribution in [2.24, 2.45) is 0 Å². The minimum atomic E-state index is -3.68. The molecule has 0 saturated carbocycles. The largest absolute Gasteiger partial charge is 0.452 e. The summed E-state index contributed by atoms with van der Waals surface area (Å²) in [6.07, 6.45) is 3.00. The van der Waals surface area contributed by atoms with Gasteiger partial charge in [-0.2, -0.15) is 4.31 Å². The van der Waals surface area contributed by atoms with Gasteiger partial charge in [0.05, 0.1) is 10.5 Å². The number of hydrogen-bond donors (Lipinski definition) is 0. The number of amides is 1. The molecule has 1 heterocycles. The van der Waals surface area contributed by atoms with Gasteiger partial charge in [0.2, 0.25) is 10.0 Å². The zero-order valence-electron chi connectivity index (χ0n) is 17.1. The number of hydrogen-bond acceptors (Lipinski definition) is 5. The first-order chi connectivity index (χ1) is 13.2. The summed E-state index contributed by atoms with van der Waals surface area (Å²) in [5.41, 5.74) is 0.759. The maximum Gasteiger partial charge on any atom is 0.338 e. The molecule has 8 heteroatoms. The van der Waals surface area contributed by atoms with Crippen molar-refractivity contribution in [2.45, 2.75) is 57.9 Å². The third-order valence-electron chi connectivity index (χ3n) is 5.22. The number of ether oxygens (including phenoxy) is 1. The van der Waals surface area contributed by atoms with E-state index in [1.54, 1.807) is 31.7 Å². The SMILES string of the molecule is CCN(CC)S(=O)(=O)c1ccc(C)c(C(=O)OCC(=O)N2CCCC[C@H]2C)c1. The van der Waals surface area contributed by atoms with Gasteiger partial charge in [-0.15, -0.1) is 0 Å². The molecule has 1 aromatic rings. The van der Waals surface area contributed by atoms with E-state index in [0.717, 1.165) is 19.3 Å². The molecule has 0 aromatic heterocycles. The highest BCUT2D eigenvalue weighted by Crippen LogP contribution is 2.21. The van der Waals surface area contributed by atoms with Gasteiger partial charge in [0.25, 0.3) is 5.91 Å². The zero-order chi connectivity index (χ0) is 20.9. The van der Waals surface area contributed by atoms with E-state index in [-0.39, 0.29) is 29.0 Å². The van der Waals surface area contributed by atoms with Gasteiger partial charge in [-0.25, -0.2) is 13.2 Å². The lowest BCUT2D eigenvalue weighted by Crippen LogP contribution is -2.44. The van der Waals surface area contributed by atoms with Crippen molar-refractivity contribution in [2.75, 3.05) is 26.2 Å². The van der Waals surface area contributed by atoms with Crippen molar-refractivity contribution < 1.29 is 22.7 Å². The molecule has 28 heavy (non-hydrogen) atoms. The molecular formula is C20H30N2O5S. The Hall–Kier alpha value is -1.93. The lowest BCUT2D eigenvalue weighted by atomic mass is 10.0. The van der Waals surface area contributed by atoms with E-state index in [4.69, 9.17) is 4.74 Å². The second-order valence-corrected chi connectivity index (χ2v) is 9.01. The number of likely N-dealkylation sites (tertiary alicyclic amines) is 1. The Morgan fingerprint density at radius 2 is 1.89 bits per heavy atom. The molecular weight excluding hydrogens is 380 g/mol. The topological polar surface area (TPSA) is 84.0 Å². The lowest BCUT2D eigenvalue weighted by molar-refractivity contribution is -0.137. The van der Waals surface area contributed by atoms with E-state index in [1.165, 1.54) is 16.4 Å². The van der Waals surface area contributed by atoms with Crippen LogP contribution in [0.4, 0.5) is 0 Å². The molecule has 1 saturated heterocycles. The summed E-state index contributed by atoms with van der Waals surface area (Å²) in [7, 11) is -3.68. The first kappa shape index (κ1) is 22.4. The summed E-state index contributed by atoms with van der Waals surface area (Å²) in [4.78, 5) is 26.7. The van der Waals surface area contributed by atoms with Crippen molar-refractivity contribution in [3.8, 4) is 0 Å². The van der Waals surface area contributed by atoms with Crippen molar-refractivity contribution in [1.29, 1.82) is 0 Å². The van der Waals surface area contributed by atoms with Gasteiger partial charge in [0.15, 0.2) is 6.61 Å². The third kappa shape index (κ3) is 4.91. The Balaban J connectivity index is 2.14. The smallest absolute Gasteiger partial charge is 0.338 e. The Labute approximate surface area is 167 Å².